The van der Waals surface area contributed by atoms with Gasteiger partial charge in [-0.3, -0.25) is 0 Å². The molecule has 28 heavy (non-hydrogen) atoms. The molecule has 0 bridgehead atoms. The predicted octanol–water partition coefficient (Wildman–Crippen LogP) is 5.43. The summed E-state index contributed by atoms with van der Waals surface area (Å²) < 4.78 is 3.53. The van der Waals surface area contributed by atoms with E-state index in [9.17, 15) is 0 Å². The van der Waals surface area contributed by atoms with Gasteiger partial charge < -0.3 is 8.96 Å². The molecule has 0 amide bonds. The Labute approximate surface area is 164 Å². The summed E-state index contributed by atoms with van der Waals surface area (Å²) in [6, 6.07) is 29.4. The van der Waals surface area contributed by atoms with Crippen molar-refractivity contribution < 1.29 is 0 Å². The molecule has 6 rings (SSSR count). The maximum Gasteiger partial charge on any atom is 0.234 e. The molecule has 0 saturated carbocycles. The van der Waals surface area contributed by atoms with Gasteiger partial charge >= 0.3 is 0 Å². The molecule has 0 saturated heterocycles. The second-order valence-electron chi connectivity index (χ2n) is 7.24. The van der Waals surface area contributed by atoms with E-state index in [1.807, 2.05) is 12.1 Å². The van der Waals surface area contributed by atoms with Gasteiger partial charge in [-0.05, 0) is 47.5 Å². The average molecular weight is 352 g/mol. The lowest BCUT2D eigenvalue weighted by Gasteiger charge is -2.05. The van der Waals surface area contributed by atoms with E-state index in [2.05, 4.69) is 72.8 Å². The van der Waals surface area contributed by atoms with E-state index in [1.54, 1.807) is 8.96 Å². The number of rotatable bonds is 1. The normalized spacial score (nSPS) is 11.9. The van der Waals surface area contributed by atoms with Gasteiger partial charge in [0.25, 0.3) is 0 Å². The zero-order valence-electron chi connectivity index (χ0n) is 15.1. The van der Waals surface area contributed by atoms with Crippen LogP contribution in [0.3, 0.4) is 0 Å². The number of hydrogen-bond donors (Lipinski definition) is 0. The molecule has 0 spiro atoms. The van der Waals surface area contributed by atoms with Crippen molar-refractivity contribution >= 4 is 59.6 Å². The van der Waals surface area contributed by atoms with Gasteiger partial charge in [0.1, 0.15) is 0 Å². The van der Waals surface area contributed by atoms with Gasteiger partial charge in [0.15, 0.2) is 0 Å². The third kappa shape index (κ3) is 2.00. The lowest BCUT2D eigenvalue weighted by atomic mass is 10.0. The summed E-state index contributed by atoms with van der Waals surface area (Å²) in [6.07, 6.45) is 0. The van der Waals surface area contributed by atoms with Crippen LogP contribution < -0.4 is 0 Å². The van der Waals surface area contributed by atoms with Crippen LogP contribution in [0.2, 0.25) is 0 Å². The second kappa shape index (κ2) is 5.56. The van der Waals surface area contributed by atoms with Gasteiger partial charge in [-0.15, -0.1) is 0 Å². The van der Waals surface area contributed by atoms with Gasteiger partial charge in [0.05, 0.1) is 0 Å². The highest BCUT2D eigenvalue weighted by Crippen LogP contribution is 2.35. The lowest BCUT2D eigenvalue weighted by Crippen LogP contribution is -1.90. The predicted molar refractivity (Wildman–Crippen MR) is 120 cm³/mol. The van der Waals surface area contributed by atoms with Crippen LogP contribution >= 0.6 is 0 Å². The number of nitrogens with zero attached hydrogens (tertiary/aromatic N) is 2. The van der Waals surface area contributed by atoms with Crippen LogP contribution in [0, 0.1) is 0 Å². The molecule has 2 heterocycles. The van der Waals surface area contributed by atoms with Gasteiger partial charge in [-0.1, -0.05) is 48.5 Å². The van der Waals surface area contributed by atoms with Crippen LogP contribution in [0.1, 0.15) is 0 Å². The van der Waals surface area contributed by atoms with Crippen LogP contribution in [0.4, 0.5) is 0 Å². The molecule has 126 valence electrons. The minimum Gasteiger partial charge on any atom is -0.397 e. The Bertz CT molecular complexity index is 1420. The average Bonchev–Trinajstić information content (AvgIpc) is 3.20. The molecular formula is C24H14B2N2. The van der Waals surface area contributed by atoms with Crippen molar-refractivity contribution in [3.8, 4) is 11.1 Å². The summed E-state index contributed by atoms with van der Waals surface area (Å²) in [7, 11) is 12.6. The number of para-hydroxylation sites is 2. The fourth-order valence-corrected chi connectivity index (χ4v) is 4.37. The standard InChI is InChI=1S/C24H14B2N2/c25-27-21-7-3-1-5-17(21)19-13-15(9-11-23(19)27)16-10-12-24-20(14-16)18-6-2-4-8-22(18)28(24)26/h1-14H. The molecule has 4 radical (unpaired) electrons. The molecule has 0 unspecified atom stereocenters. The van der Waals surface area contributed by atoms with E-state index < -0.39 is 0 Å². The quantitative estimate of drug-likeness (QED) is 0.349. The zero-order valence-corrected chi connectivity index (χ0v) is 15.1. The summed E-state index contributed by atoms with van der Waals surface area (Å²) in [5.41, 5.74) is 6.47. The summed E-state index contributed by atoms with van der Waals surface area (Å²) >= 11 is 0. The minimum atomic E-state index is 1.03. The summed E-state index contributed by atoms with van der Waals surface area (Å²) in [5, 5.41) is 4.66. The Morgan fingerprint density at radius 2 is 0.821 bits per heavy atom. The van der Waals surface area contributed by atoms with Crippen molar-refractivity contribution in [3.05, 3.63) is 84.9 Å². The monoisotopic (exact) mass is 352 g/mol. The number of fused-ring (bicyclic) bond motifs is 6. The molecule has 0 aliphatic carbocycles. The van der Waals surface area contributed by atoms with Gasteiger partial charge in [0, 0.05) is 43.6 Å². The minimum absolute atomic E-state index is 1.03. The van der Waals surface area contributed by atoms with Crippen molar-refractivity contribution in [1.82, 2.24) is 8.96 Å². The van der Waals surface area contributed by atoms with E-state index in [0.717, 1.165) is 32.8 Å². The van der Waals surface area contributed by atoms with Crippen molar-refractivity contribution in [3.63, 3.8) is 0 Å². The fourth-order valence-electron chi connectivity index (χ4n) is 4.37. The van der Waals surface area contributed by atoms with E-state index in [0.29, 0.717) is 0 Å². The first-order valence-electron chi connectivity index (χ1n) is 9.29. The highest BCUT2D eigenvalue weighted by molar-refractivity contribution is 6.23. The Morgan fingerprint density at radius 1 is 0.429 bits per heavy atom. The summed E-state index contributed by atoms with van der Waals surface area (Å²) in [4.78, 5) is 0. The lowest BCUT2D eigenvalue weighted by molar-refractivity contribution is 1.39. The fraction of sp³-hybridized carbons (Fsp3) is 0. The van der Waals surface area contributed by atoms with Crippen LogP contribution in [0.15, 0.2) is 84.9 Å². The molecule has 2 aromatic heterocycles. The molecule has 0 fully saturated rings. The molecule has 0 aliphatic heterocycles. The van der Waals surface area contributed by atoms with Gasteiger partial charge in [0.2, 0.25) is 16.0 Å². The van der Waals surface area contributed by atoms with E-state index in [-0.39, 0.29) is 0 Å². The Kier molecular flexibility index (Phi) is 3.10. The first-order chi connectivity index (χ1) is 13.7. The van der Waals surface area contributed by atoms with Crippen molar-refractivity contribution in [2.45, 2.75) is 0 Å². The van der Waals surface area contributed by atoms with Crippen molar-refractivity contribution in [2.75, 3.05) is 0 Å². The van der Waals surface area contributed by atoms with Gasteiger partial charge in [-0.25, -0.2) is 0 Å². The van der Waals surface area contributed by atoms with E-state index in [4.69, 9.17) is 16.0 Å². The van der Waals surface area contributed by atoms with Crippen LogP contribution in [-0.2, 0) is 0 Å². The molecular weight excluding hydrogens is 338 g/mol. The topological polar surface area (TPSA) is 9.86 Å². The van der Waals surface area contributed by atoms with Crippen LogP contribution in [0.5, 0.6) is 0 Å². The third-order valence-corrected chi connectivity index (χ3v) is 5.75. The zero-order chi connectivity index (χ0) is 18.8. The molecule has 0 N–H and O–H groups in total. The maximum absolute atomic E-state index is 6.30. The number of aromatic nitrogens is 2. The molecule has 2 nitrogen and oxygen atoms in total. The van der Waals surface area contributed by atoms with Crippen LogP contribution in [0.25, 0.3) is 54.7 Å². The van der Waals surface area contributed by atoms with E-state index in [1.165, 1.54) is 21.9 Å². The third-order valence-electron chi connectivity index (χ3n) is 5.75. The van der Waals surface area contributed by atoms with Crippen LogP contribution in [-0.4, -0.2) is 24.9 Å². The number of hydrogen-bond acceptors (Lipinski definition) is 0. The first-order valence-corrected chi connectivity index (χ1v) is 9.29. The van der Waals surface area contributed by atoms with Crippen molar-refractivity contribution in [2.24, 2.45) is 0 Å². The summed E-state index contributed by atoms with van der Waals surface area (Å²) in [6.45, 7) is 0. The van der Waals surface area contributed by atoms with Gasteiger partial charge in [-0.2, -0.15) is 0 Å². The largest absolute Gasteiger partial charge is 0.397 e. The number of benzene rings is 4. The maximum atomic E-state index is 6.30. The first kappa shape index (κ1) is 15.6. The Balaban J connectivity index is 1.63. The molecule has 4 aromatic carbocycles. The Morgan fingerprint density at radius 3 is 1.29 bits per heavy atom. The SMILES string of the molecule is [B]n1c2ccccc2c2cc(-c3ccc4c(c3)c3ccccc3n4[B])ccc21. The smallest absolute Gasteiger partial charge is 0.234 e. The second-order valence-corrected chi connectivity index (χ2v) is 7.24. The summed E-state index contributed by atoms with van der Waals surface area (Å²) in [5.74, 6) is 0. The van der Waals surface area contributed by atoms with Crippen molar-refractivity contribution in [1.29, 1.82) is 0 Å². The molecule has 4 heteroatoms. The molecule has 6 aromatic rings. The highest BCUT2D eigenvalue weighted by atomic mass is 14.9. The van der Waals surface area contributed by atoms with E-state index >= 15 is 0 Å². The Hall–Kier alpha value is -3.39. The molecule has 0 atom stereocenters. The highest BCUT2D eigenvalue weighted by Gasteiger charge is 2.11. The molecule has 0 aliphatic rings.